The number of nitrogens with zero attached hydrogens (tertiary/aromatic N) is 3. The molecular weight excluding hydrogens is 294 g/mol. The molecule has 0 N–H and O–H groups in total. The predicted molar refractivity (Wildman–Crippen MR) is 83.9 cm³/mol. The molecule has 1 atom stereocenters. The summed E-state index contributed by atoms with van der Waals surface area (Å²) < 4.78 is 10.5. The summed E-state index contributed by atoms with van der Waals surface area (Å²) in [5.74, 6) is 1.90. The van der Waals surface area contributed by atoms with Crippen LogP contribution in [0, 0.1) is 12.8 Å². The summed E-state index contributed by atoms with van der Waals surface area (Å²) in [5, 5.41) is 8.07. The molecule has 1 saturated heterocycles. The van der Waals surface area contributed by atoms with Gasteiger partial charge < -0.3 is 13.9 Å². The van der Waals surface area contributed by atoms with E-state index in [0.717, 1.165) is 42.9 Å². The van der Waals surface area contributed by atoms with Crippen molar-refractivity contribution in [2.24, 2.45) is 5.92 Å². The number of aromatic nitrogens is 2. The molecule has 23 heavy (non-hydrogen) atoms. The third kappa shape index (κ3) is 3.46. The lowest BCUT2D eigenvalue weighted by atomic mass is 9.98. The Morgan fingerprint density at radius 2 is 2.13 bits per heavy atom. The first kappa shape index (κ1) is 15.8. The van der Waals surface area contributed by atoms with Gasteiger partial charge >= 0.3 is 0 Å². The fraction of sp³-hybridized carbons (Fsp3) is 0.588. The zero-order chi connectivity index (χ0) is 16.4. The number of amides is 1. The van der Waals surface area contributed by atoms with Crippen molar-refractivity contribution in [1.29, 1.82) is 0 Å². The molecule has 1 fully saturated rings. The minimum Gasteiger partial charge on any atom is -0.361 e. The topological polar surface area (TPSA) is 72.4 Å². The normalized spacial score (nSPS) is 18.6. The Hall–Kier alpha value is -2.11. The summed E-state index contributed by atoms with van der Waals surface area (Å²) in [7, 11) is 0. The standard InChI is InChI=1S/C17H23N3O3/c1-11(2)8-13-10-15(19-23-13)17(21)20-7-5-4-6-16(20)14-9-12(3)22-18-14/h9-11,16H,4-8H2,1-3H3/t16-/m1/s1. The van der Waals surface area contributed by atoms with Crippen molar-refractivity contribution in [3.05, 3.63) is 35.0 Å². The molecule has 0 aliphatic carbocycles. The van der Waals surface area contributed by atoms with Crippen LogP contribution in [0.1, 0.15) is 66.9 Å². The van der Waals surface area contributed by atoms with Gasteiger partial charge in [-0.15, -0.1) is 0 Å². The average Bonchev–Trinajstić information content (AvgIpc) is 3.15. The molecule has 1 aliphatic heterocycles. The molecule has 124 valence electrons. The zero-order valence-electron chi connectivity index (χ0n) is 13.9. The van der Waals surface area contributed by atoms with E-state index in [1.807, 2.05) is 17.9 Å². The van der Waals surface area contributed by atoms with Crippen LogP contribution in [0.25, 0.3) is 0 Å². The van der Waals surface area contributed by atoms with Crippen LogP contribution in [0.5, 0.6) is 0 Å². The molecule has 0 unspecified atom stereocenters. The monoisotopic (exact) mass is 317 g/mol. The number of hydrogen-bond acceptors (Lipinski definition) is 5. The van der Waals surface area contributed by atoms with Crippen LogP contribution in [-0.4, -0.2) is 27.7 Å². The molecule has 0 spiro atoms. The molecule has 1 aliphatic rings. The van der Waals surface area contributed by atoms with Gasteiger partial charge in [0.2, 0.25) is 0 Å². The van der Waals surface area contributed by atoms with Crippen LogP contribution in [0.15, 0.2) is 21.2 Å². The van der Waals surface area contributed by atoms with Gasteiger partial charge in [-0.05, 0) is 32.1 Å². The number of rotatable bonds is 4. The number of aryl methyl sites for hydroxylation is 1. The lowest BCUT2D eigenvalue weighted by molar-refractivity contribution is 0.0591. The van der Waals surface area contributed by atoms with Gasteiger partial charge in [0.1, 0.15) is 17.2 Å². The second-order valence-electron chi connectivity index (χ2n) is 6.65. The largest absolute Gasteiger partial charge is 0.361 e. The van der Waals surface area contributed by atoms with E-state index in [-0.39, 0.29) is 11.9 Å². The molecule has 0 saturated carbocycles. The molecule has 3 heterocycles. The Kier molecular flexibility index (Phi) is 4.50. The van der Waals surface area contributed by atoms with Gasteiger partial charge in [0.15, 0.2) is 5.69 Å². The van der Waals surface area contributed by atoms with Crippen LogP contribution in [-0.2, 0) is 6.42 Å². The van der Waals surface area contributed by atoms with E-state index in [9.17, 15) is 4.79 Å². The van der Waals surface area contributed by atoms with Crippen molar-refractivity contribution < 1.29 is 13.8 Å². The minimum atomic E-state index is -0.0888. The summed E-state index contributed by atoms with van der Waals surface area (Å²) >= 11 is 0. The van der Waals surface area contributed by atoms with Crippen molar-refractivity contribution in [1.82, 2.24) is 15.2 Å². The number of piperidine rings is 1. The number of hydrogen-bond donors (Lipinski definition) is 0. The van der Waals surface area contributed by atoms with Crippen molar-refractivity contribution in [3.8, 4) is 0 Å². The second kappa shape index (κ2) is 6.56. The van der Waals surface area contributed by atoms with Crippen molar-refractivity contribution in [2.45, 2.75) is 52.5 Å². The first-order valence-electron chi connectivity index (χ1n) is 8.24. The molecule has 2 aromatic heterocycles. The SMILES string of the molecule is Cc1cc([C@H]2CCCCN2C(=O)c2cc(CC(C)C)on2)no1. The van der Waals surface area contributed by atoms with Crippen LogP contribution in [0.2, 0.25) is 0 Å². The summed E-state index contributed by atoms with van der Waals surface area (Å²) in [5.41, 5.74) is 1.20. The van der Waals surface area contributed by atoms with Gasteiger partial charge in [-0.25, -0.2) is 0 Å². The Bertz CT molecular complexity index is 674. The second-order valence-corrected chi connectivity index (χ2v) is 6.65. The molecule has 6 nitrogen and oxygen atoms in total. The highest BCUT2D eigenvalue weighted by atomic mass is 16.5. The summed E-state index contributed by atoms with van der Waals surface area (Å²) in [6.07, 6.45) is 3.76. The third-order valence-corrected chi connectivity index (χ3v) is 4.14. The van der Waals surface area contributed by atoms with Gasteiger partial charge in [0.05, 0.1) is 6.04 Å². The van der Waals surface area contributed by atoms with Gasteiger partial charge in [-0.2, -0.15) is 0 Å². The first-order valence-corrected chi connectivity index (χ1v) is 8.24. The maximum absolute atomic E-state index is 12.8. The number of carbonyl (C=O) groups is 1. The minimum absolute atomic E-state index is 0.0426. The quantitative estimate of drug-likeness (QED) is 0.862. The van der Waals surface area contributed by atoms with Crippen molar-refractivity contribution in [2.75, 3.05) is 6.54 Å². The van der Waals surface area contributed by atoms with Crippen LogP contribution in [0.3, 0.4) is 0 Å². The Morgan fingerprint density at radius 3 is 2.83 bits per heavy atom. The fourth-order valence-corrected chi connectivity index (χ4v) is 3.08. The Labute approximate surface area is 135 Å². The average molecular weight is 317 g/mol. The molecule has 0 bridgehead atoms. The molecule has 0 aromatic carbocycles. The lowest BCUT2D eigenvalue weighted by Gasteiger charge is -2.33. The summed E-state index contributed by atoms with van der Waals surface area (Å²) in [6, 6.07) is 3.63. The first-order chi connectivity index (χ1) is 11.0. The number of carbonyl (C=O) groups excluding carboxylic acids is 1. The highest BCUT2D eigenvalue weighted by Crippen LogP contribution is 2.31. The van der Waals surface area contributed by atoms with E-state index in [4.69, 9.17) is 9.05 Å². The molecule has 0 radical (unpaired) electrons. The van der Waals surface area contributed by atoms with Gasteiger partial charge in [-0.3, -0.25) is 4.79 Å². The van der Waals surface area contributed by atoms with E-state index in [1.165, 1.54) is 0 Å². The molecule has 2 aromatic rings. The maximum Gasteiger partial charge on any atom is 0.276 e. The van der Waals surface area contributed by atoms with Gasteiger partial charge in [0, 0.05) is 25.1 Å². The predicted octanol–water partition coefficient (Wildman–Crippen LogP) is 3.54. The highest BCUT2D eigenvalue weighted by Gasteiger charge is 2.32. The van der Waals surface area contributed by atoms with E-state index in [1.54, 1.807) is 6.07 Å². The van der Waals surface area contributed by atoms with Gasteiger partial charge in [0.25, 0.3) is 5.91 Å². The highest BCUT2D eigenvalue weighted by molar-refractivity contribution is 5.92. The van der Waals surface area contributed by atoms with Crippen molar-refractivity contribution >= 4 is 5.91 Å². The molecule has 1 amide bonds. The van der Waals surface area contributed by atoms with Crippen molar-refractivity contribution in [3.63, 3.8) is 0 Å². The van der Waals surface area contributed by atoms with Crippen LogP contribution < -0.4 is 0 Å². The molecule has 3 rings (SSSR count). The van der Waals surface area contributed by atoms with E-state index < -0.39 is 0 Å². The Morgan fingerprint density at radius 1 is 1.30 bits per heavy atom. The zero-order valence-corrected chi connectivity index (χ0v) is 13.9. The molecular formula is C17H23N3O3. The lowest BCUT2D eigenvalue weighted by Crippen LogP contribution is -2.38. The Balaban J connectivity index is 1.79. The number of likely N-dealkylation sites (tertiary alicyclic amines) is 1. The van der Waals surface area contributed by atoms with Gasteiger partial charge in [-0.1, -0.05) is 24.2 Å². The fourth-order valence-electron chi connectivity index (χ4n) is 3.08. The summed E-state index contributed by atoms with van der Waals surface area (Å²) in [4.78, 5) is 14.7. The van der Waals surface area contributed by atoms with E-state index in [0.29, 0.717) is 18.2 Å². The molecule has 6 heteroatoms. The van der Waals surface area contributed by atoms with E-state index in [2.05, 4.69) is 24.2 Å². The van der Waals surface area contributed by atoms with Crippen LogP contribution in [0.4, 0.5) is 0 Å². The van der Waals surface area contributed by atoms with Crippen LogP contribution >= 0.6 is 0 Å². The van der Waals surface area contributed by atoms with E-state index >= 15 is 0 Å². The maximum atomic E-state index is 12.8. The summed E-state index contributed by atoms with van der Waals surface area (Å²) in [6.45, 7) is 6.79. The third-order valence-electron chi connectivity index (χ3n) is 4.14. The smallest absolute Gasteiger partial charge is 0.276 e.